The van der Waals surface area contributed by atoms with Gasteiger partial charge in [-0.1, -0.05) is 0 Å². The van der Waals surface area contributed by atoms with Gasteiger partial charge in [0.25, 0.3) is 17.8 Å². The Labute approximate surface area is 189 Å². The molecule has 168 valence electrons. The first-order chi connectivity index (χ1) is 16.0. The number of rotatable bonds is 5. The zero-order valence-corrected chi connectivity index (χ0v) is 17.9. The molecule has 3 heterocycles. The molecule has 10 nitrogen and oxygen atoms in total. The van der Waals surface area contributed by atoms with Gasteiger partial charge in [0, 0.05) is 23.5 Å². The number of nitrogens with zero attached hydrogens (tertiary/aromatic N) is 4. The Balaban J connectivity index is 1.51. The minimum Gasteiger partial charge on any atom is -0.497 e. The summed E-state index contributed by atoms with van der Waals surface area (Å²) in [6.07, 6.45) is 0.446. The third-order valence-electron chi connectivity index (χ3n) is 5.84. The second-order valence-corrected chi connectivity index (χ2v) is 7.68. The van der Waals surface area contributed by atoms with Crippen LogP contribution in [0.3, 0.4) is 0 Å². The molecule has 0 atom stereocenters. The summed E-state index contributed by atoms with van der Waals surface area (Å²) in [5, 5.41) is 12.2. The molecule has 5 rings (SSSR count). The number of ether oxygens (including phenoxy) is 2. The summed E-state index contributed by atoms with van der Waals surface area (Å²) in [4.78, 5) is 29.0. The van der Waals surface area contributed by atoms with Crippen LogP contribution in [0.4, 0.5) is 11.4 Å². The van der Waals surface area contributed by atoms with Gasteiger partial charge in [-0.2, -0.15) is 5.10 Å². The minimum atomic E-state index is -0.667. The van der Waals surface area contributed by atoms with E-state index in [1.165, 1.54) is 4.68 Å². The van der Waals surface area contributed by atoms with Crippen LogP contribution in [0, 0.1) is 5.41 Å². The largest absolute Gasteiger partial charge is 0.497 e. The van der Waals surface area contributed by atoms with Crippen LogP contribution >= 0.6 is 0 Å². The van der Waals surface area contributed by atoms with Gasteiger partial charge in [0.05, 0.1) is 19.3 Å². The van der Waals surface area contributed by atoms with Crippen LogP contribution in [-0.2, 0) is 11.2 Å². The number of anilines is 2. The highest BCUT2D eigenvalue weighted by Crippen LogP contribution is 2.30. The maximum Gasteiger partial charge on any atom is 0.289 e. The molecule has 1 aromatic heterocycles. The molecule has 0 aliphatic carbocycles. The van der Waals surface area contributed by atoms with E-state index in [1.807, 2.05) is 24.3 Å². The van der Waals surface area contributed by atoms with E-state index in [-0.39, 0.29) is 17.6 Å². The highest BCUT2D eigenvalue weighted by atomic mass is 16.5. The van der Waals surface area contributed by atoms with E-state index >= 15 is 0 Å². The van der Waals surface area contributed by atoms with E-state index in [1.54, 1.807) is 41.2 Å². The standard InChI is InChI=1S/C23H22N6O4/c1-32-17-8-6-16(7-9-17)29-20-18(19(26-29)21(24)30)10-11-27(22(20)31)14-2-4-15(5-3-14)28-12-13-33-23(28)25/h2-9,25H,10-13H2,1H3,(H2,24,30). The van der Waals surface area contributed by atoms with Crippen LogP contribution in [0.15, 0.2) is 48.5 Å². The van der Waals surface area contributed by atoms with Gasteiger partial charge in [-0.25, -0.2) is 4.68 Å². The Kier molecular flexibility index (Phi) is 4.97. The first-order valence-corrected chi connectivity index (χ1v) is 10.4. The third kappa shape index (κ3) is 3.45. The Hall–Kier alpha value is -4.34. The maximum atomic E-state index is 13.6. The Morgan fingerprint density at radius 1 is 1.03 bits per heavy atom. The van der Waals surface area contributed by atoms with Gasteiger partial charge in [0.15, 0.2) is 5.69 Å². The van der Waals surface area contributed by atoms with E-state index in [2.05, 4.69) is 5.10 Å². The number of nitrogens with one attached hydrogen (secondary N) is 1. The first kappa shape index (κ1) is 20.6. The summed E-state index contributed by atoms with van der Waals surface area (Å²) in [6, 6.07) is 14.6. The fourth-order valence-electron chi connectivity index (χ4n) is 4.19. The van der Waals surface area contributed by atoms with Crippen molar-refractivity contribution in [1.29, 1.82) is 5.41 Å². The molecule has 2 aromatic carbocycles. The number of nitrogens with two attached hydrogens (primary N) is 1. The molecule has 10 heteroatoms. The van der Waals surface area contributed by atoms with Crippen LogP contribution in [-0.4, -0.2) is 54.4 Å². The summed E-state index contributed by atoms with van der Waals surface area (Å²) >= 11 is 0. The van der Waals surface area contributed by atoms with Crippen LogP contribution in [0.5, 0.6) is 5.75 Å². The van der Waals surface area contributed by atoms with Crippen LogP contribution in [0.25, 0.3) is 5.69 Å². The number of amidine groups is 1. The minimum absolute atomic E-state index is 0.108. The molecular formula is C23H22N6O4. The van der Waals surface area contributed by atoms with Crippen molar-refractivity contribution >= 4 is 29.2 Å². The molecule has 33 heavy (non-hydrogen) atoms. The second-order valence-electron chi connectivity index (χ2n) is 7.68. The number of amides is 2. The zero-order chi connectivity index (χ0) is 23.1. The number of hydrogen-bond acceptors (Lipinski definition) is 6. The van der Waals surface area contributed by atoms with Crippen LogP contribution in [0.1, 0.15) is 26.5 Å². The highest BCUT2D eigenvalue weighted by molar-refractivity contribution is 6.09. The topological polar surface area (TPSA) is 127 Å². The van der Waals surface area contributed by atoms with Crippen molar-refractivity contribution in [2.75, 3.05) is 36.6 Å². The summed E-state index contributed by atoms with van der Waals surface area (Å²) in [6.45, 7) is 1.48. The van der Waals surface area contributed by atoms with E-state index in [4.69, 9.17) is 20.6 Å². The van der Waals surface area contributed by atoms with Gasteiger partial charge in [-0.3, -0.25) is 19.9 Å². The molecule has 0 radical (unpaired) electrons. The quantitative estimate of drug-likeness (QED) is 0.617. The Morgan fingerprint density at radius 3 is 2.24 bits per heavy atom. The molecule has 0 spiro atoms. The zero-order valence-electron chi connectivity index (χ0n) is 17.9. The summed E-state index contributed by atoms with van der Waals surface area (Å²) in [7, 11) is 1.57. The number of carbonyl (C=O) groups excluding carboxylic acids is 2. The van der Waals surface area contributed by atoms with Crippen molar-refractivity contribution in [3.63, 3.8) is 0 Å². The van der Waals surface area contributed by atoms with E-state index in [0.717, 1.165) is 5.69 Å². The number of aromatic nitrogens is 2. The van der Waals surface area contributed by atoms with Crippen molar-refractivity contribution < 1.29 is 19.1 Å². The predicted molar refractivity (Wildman–Crippen MR) is 121 cm³/mol. The number of carbonyl (C=O) groups is 2. The second kappa shape index (κ2) is 7.97. The molecule has 2 amide bonds. The van der Waals surface area contributed by atoms with E-state index in [9.17, 15) is 9.59 Å². The van der Waals surface area contributed by atoms with Gasteiger partial charge >= 0.3 is 0 Å². The fraction of sp³-hybridized carbons (Fsp3) is 0.217. The maximum absolute atomic E-state index is 13.6. The van der Waals surface area contributed by atoms with Gasteiger partial charge in [-0.15, -0.1) is 0 Å². The molecule has 2 aliphatic rings. The lowest BCUT2D eigenvalue weighted by Crippen LogP contribution is -2.39. The molecule has 1 saturated heterocycles. The molecule has 0 bridgehead atoms. The smallest absolute Gasteiger partial charge is 0.289 e. The third-order valence-corrected chi connectivity index (χ3v) is 5.84. The number of primary amides is 1. The van der Waals surface area contributed by atoms with Gasteiger partial charge < -0.3 is 20.1 Å². The molecule has 1 fully saturated rings. The summed E-state index contributed by atoms with van der Waals surface area (Å²) in [5.41, 5.74) is 8.70. The van der Waals surface area contributed by atoms with Crippen molar-refractivity contribution in [2.45, 2.75) is 6.42 Å². The normalized spacial score (nSPS) is 15.4. The van der Waals surface area contributed by atoms with Gasteiger partial charge in [0.1, 0.15) is 18.1 Å². The molecular weight excluding hydrogens is 424 g/mol. The highest BCUT2D eigenvalue weighted by Gasteiger charge is 2.34. The SMILES string of the molecule is COc1ccc(-n2nc(C(N)=O)c3c2C(=O)N(c2ccc(N4CCOC4=N)cc2)CC3)cc1. The first-order valence-electron chi connectivity index (χ1n) is 10.4. The molecule has 0 saturated carbocycles. The molecule has 0 unspecified atom stereocenters. The number of hydrogen-bond donors (Lipinski definition) is 2. The molecule has 3 N–H and O–H groups in total. The van der Waals surface area contributed by atoms with Gasteiger partial charge in [-0.05, 0) is 55.0 Å². The molecule has 2 aliphatic heterocycles. The average Bonchev–Trinajstić information content (AvgIpc) is 3.44. The fourth-order valence-corrected chi connectivity index (χ4v) is 4.19. The van der Waals surface area contributed by atoms with Crippen molar-refractivity contribution in [1.82, 2.24) is 9.78 Å². The summed E-state index contributed by atoms with van der Waals surface area (Å²) in [5.74, 6) is -0.268. The number of fused-ring (bicyclic) bond motifs is 1. The summed E-state index contributed by atoms with van der Waals surface area (Å²) < 4.78 is 11.9. The lowest BCUT2D eigenvalue weighted by atomic mass is 10.0. The molecule has 3 aromatic rings. The van der Waals surface area contributed by atoms with E-state index < -0.39 is 5.91 Å². The Bertz CT molecular complexity index is 1250. The lowest BCUT2D eigenvalue weighted by Gasteiger charge is -2.28. The van der Waals surface area contributed by atoms with Gasteiger partial charge in [0.2, 0.25) is 0 Å². The van der Waals surface area contributed by atoms with Crippen molar-refractivity contribution in [3.8, 4) is 11.4 Å². The Morgan fingerprint density at radius 2 is 1.67 bits per heavy atom. The van der Waals surface area contributed by atoms with Crippen LogP contribution in [0.2, 0.25) is 0 Å². The number of benzene rings is 2. The van der Waals surface area contributed by atoms with E-state index in [0.29, 0.717) is 54.5 Å². The lowest BCUT2D eigenvalue weighted by molar-refractivity contribution is 0.0972. The monoisotopic (exact) mass is 446 g/mol. The van der Waals surface area contributed by atoms with Crippen LogP contribution < -0.4 is 20.3 Å². The average molecular weight is 446 g/mol. The predicted octanol–water partition coefficient (Wildman–Crippen LogP) is 1.95. The number of methoxy groups -OCH3 is 1. The van der Waals surface area contributed by atoms with Crippen molar-refractivity contribution in [2.24, 2.45) is 5.73 Å². The van der Waals surface area contributed by atoms with Crippen molar-refractivity contribution in [3.05, 3.63) is 65.5 Å².